The molecule has 2 unspecified atom stereocenters. The first-order valence-electron chi connectivity index (χ1n) is 15.2. The Kier molecular flexibility index (Phi) is 9.04. The van der Waals surface area contributed by atoms with E-state index in [2.05, 4.69) is 23.5 Å². The number of thioether (sulfide) groups is 1. The van der Waals surface area contributed by atoms with Gasteiger partial charge in [-0.25, -0.2) is 4.68 Å². The molecule has 232 valence electrons. The molecule has 0 saturated carbocycles. The largest absolute Gasteiger partial charge is 0.465 e. The maximum absolute atomic E-state index is 14.8. The smallest absolute Gasteiger partial charge is 0.311 e. The number of nitrogens with zero attached hydrogens (tertiary/aromatic N) is 5. The van der Waals surface area contributed by atoms with E-state index < -0.39 is 33.4 Å². The van der Waals surface area contributed by atoms with Crippen molar-refractivity contribution in [1.29, 1.82) is 0 Å². The number of aliphatic hydroxyl groups excluding tert-OH is 1. The van der Waals surface area contributed by atoms with E-state index in [0.29, 0.717) is 18.4 Å². The van der Waals surface area contributed by atoms with E-state index >= 15 is 0 Å². The second kappa shape index (κ2) is 12.4. The van der Waals surface area contributed by atoms with Gasteiger partial charge in [0.2, 0.25) is 11.8 Å². The Balaban J connectivity index is 1.51. The van der Waals surface area contributed by atoms with Crippen molar-refractivity contribution in [1.82, 2.24) is 24.8 Å². The average molecular weight is 610 g/mol. The van der Waals surface area contributed by atoms with Gasteiger partial charge in [-0.05, 0) is 57.1 Å². The molecule has 1 aromatic heterocycles. The lowest BCUT2D eigenvalue weighted by atomic mass is 9.66. The molecule has 3 fully saturated rings. The number of allylic oxidation sites excluding steroid dienone is 1. The average Bonchev–Trinajstić information content (AvgIpc) is 3.68. The molecule has 0 aliphatic carbocycles. The molecule has 4 heterocycles. The summed E-state index contributed by atoms with van der Waals surface area (Å²) in [6.45, 7) is 13.9. The number of esters is 1. The highest BCUT2D eigenvalue weighted by Gasteiger charge is 2.78. The molecule has 1 spiro atoms. The molecule has 2 bridgehead atoms. The standard InChI is InChI=1S/C32H43N5O5S/c1-6-8-9-12-18-42-30(41)26-25-28(39)37(24(19-38)21(3)4)27(32(25)16-15-31(26,5)43-32)29(40)35(17-7-2)20-36-23-14-11-10-13-22(23)33-34-36/h6-7,10-11,13-14,21,24-27,38H,1-2,8-9,12,15-20H2,3-5H3/t24-,25-,26-,27?,31+,32?/m0/s1. The SMILES string of the molecule is C=CCCCCOC(=O)[C@@H]1[C@H]2C(=O)N([C@@H](CO)C(C)C)C(C(=O)N(CC=C)Cn3nnc4ccccc43)C23CC[C@@]1(C)S3. The first-order chi connectivity index (χ1) is 20.6. The van der Waals surface area contributed by atoms with Crippen LogP contribution in [0.15, 0.2) is 49.6 Å². The van der Waals surface area contributed by atoms with Crippen LogP contribution in [0.3, 0.4) is 0 Å². The van der Waals surface area contributed by atoms with E-state index in [1.54, 1.807) is 32.3 Å². The normalized spacial score (nSPS) is 28.3. The first-order valence-corrected chi connectivity index (χ1v) is 16.0. The summed E-state index contributed by atoms with van der Waals surface area (Å²) in [5.41, 5.74) is 1.50. The molecule has 3 aliphatic rings. The van der Waals surface area contributed by atoms with Crippen molar-refractivity contribution in [2.24, 2.45) is 17.8 Å². The summed E-state index contributed by atoms with van der Waals surface area (Å²) < 4.78 is 6.10. The Bertz CT molecular complexity index is 1400. The monoisotopic (exact) mass is 609 g/mol. The highest BCUT2D eigenvalue weighted by atomic mass is 32.2. The summed E-state index contributed by atoms with van der Waals surface area (Å²) in [6, 6.07) is 6.09. The molecule has 2 aromatic rings. The number of ether oxygens (including phenoxy) is 1. The fraction of sp³-hybridized carbons (Fsp3) is 0.594. The minimum atomic E-state index is -0.864. The van der Waals surface area contributed by atoms with Gasteiger partial charge in [0, 0.05) is 11.3 Å². The number of carbonyl (C=O) groups excluding carboxylic acids is 3. The van der Waals surface area contributed by atoms with Crippen LogP contribution >= 0.6 is 11.8 Å². The third kappa shape index (κ3) is 5.28. The van der Waals surface area contributed by atoms with Crippen molar-refractivity contribution in [3.63, 3.8) is 0 Å². The van der Waals surface area contributed by atoms with Gasteiger partial charge in [0.05, 0.1) is 41.4 Å². The summed E-state index contributed by atoms with van der Waals surface area (Å²) in [4.78, 5) is 46.2. The number of benzene rings is 1. The van der Waals surface area contributed by atoms with Crippen molar-refractivity contribution in [2.45, 2.75) is 81.1 Å². The highest BCUT2D eigenvalue weighted by molar-refractivity contribution is 8.02. The zero-order valence-corrected chi connectivity index (χ0v) is 26.2. The molecule has 3 saturated heterocycles. The van der Waals surface area contributed by atoms with Crippen LogP contribution in [0, 0.1) is 17.8 Å². The fourth-order valence-corrected chi connectivity index (χ4v) is 9.69. The van der Waals surface area contributed by atoms with Crippen LogP contribution < -0.4 is 0 Å². The summed E-state index contributed by atoms with van der Waals surface area (Å²) in [5, 5.41) is 19.1. The predicted octanol–water partition coefficient (Wildman–Crippen LogP) is 3.80. The number of amides is 2. The Labute approximate surface area is 257 Å². The summed E-state index contributed by atoms with van der Waals surface area (Å²) in [6.07, 6.45) is 7.25. The number of hydrogen-bond donors (Lipinski definition) is 1. The topological polar surface area (TPSA) is 118 Å². The molecule has 11 heteroatoms. The van der Waals surface area contributed by atoms with Crippen LogP contribution in [-0.2, 0) is 25.8 Å². The lowest BCUT2D eigenvalue weighted by Crippen LogP contribution is -2.58. The maximum atomic E-state index is 14.8. The molecular weight excluding hydrogens is 566 g/mol. The molecule has 3 aliphatic heterocycles. The number of carbonyl (C=O) groups is 3. The zero-order chi connectivity index (χ0) is 30.9. The Hall–Kier alpha value is -3.18. The number of aromatic nitrogens is 3. The number of likely N-dealkylation sites (tertiary alicyclic amines) is 1. The van der Waals surface area contributed by atoms with E-state index in [1.807, 2.05) is 51.1 Å². The van der Waals surface area contributed by atoms with E-state index in [9.17, 15) is 19.5 Å². The first kappa shape index (κ1) is 31.3. The van der Waals surface area contributed by atoms with Crippen LogP contribution in [0.1, 0.15) is 52.9 Å². The molecular formula is C32H43N5O5S. The second-order valence-electron chi connectivity index (χ2n) is 12.5. The van der Waals surface area contributed by atoms with Crippen LogP contribution in [0.4, 0.5) is 0 Å². The zero-order valence-electron chi connectivity index (χ0n) is 25.4. The van der Waals surface area contributed by atoms with Crippen molar-refractivity contribution >= 4 is 40.6 Å². The van der Waals surface area contributed by atoms with Gasteiger partial charge < -0.3 is 19.6 Å². The number of rotatable bonds is 14. The van der Waals surface area contributed by atoms with E-state index in [4.69, 9.17) is 4.74 Å². The molecule has 1 N–H and O–H groups in total. The van der Waals surface area contributed by atoms with Crippen molar-refractivity contribution < 1.29 is 24.2 Å². The highest BCUT2D eigenvalue weighted by Crippen LogP contribution is 2.72. The maximum Gasteiger partial charge on any atom is 0.311 e. The number of unbranched alkanes of at least 4 members (excludes halogenated alkanes) is 2. The summed E-state index contributed by atoms with van der Waals surface area (Å²) in [5.74, 6) is -2.36. The third-order valence-corrected chi connectivity index (χ3v) is 11.4. The van der Waals surface area contributed by atoms with Gasteiger partial charge in [0.15, 0.2) is 0 Å². The lowest BCUT2D eigenvalue weighted by Gasteiger charge is -2.40. The van der Waals surface area contributed by atoms with Gasteiger partial charge in [-0.3, -0.25) is 14.4 Å². The Morgan fingerprint density at radius 3 is 2.70 bits per heavy atom. The van der Waals surface area contributed by atoms with Gasteiger partial charge in [-0.1, -0.05) is 43.3 Å². The second-order valence-corrected chi connectivity index (χ2v) is 14.4. The van der Waals surface area contributed by atoms with Crippen molar-refractivity contribution in [3.05, 3.63) is 49.6 Å². The Morgan fingerprint density at radius 1 is 1.23 bits per heavy atom. The van der Waals surface area contributed by atoms with Crippen LogP contribution in [0.25, 0.3) is 11.0 Å². The quantitative estimate of drug-likeness (QED) is 0.195. The van der Waals surface area contributed by atoms with Crippen molar-refractivity contribution in [3.8, 4) is 0 Å². The number of para-hydroxylation sites is 1. The van der Waals surface area contributed by atoms with E-state index in [0.717, 1.165) is 24.8 Å². The third-order valence-electron chi connectivity index (χ3n) is 9.45. The summed E-state index contributed by atoms with van der Waals surface area (Å²) in [7, 11) is 0. The number of aliphatic hydroxyl groups is 1. The number of hydrogen-bond acceptors (Lipinski definition) is 8. The molecule has 6 atom stereocenters. The van der Waals surface area contributed by atoms with Gasteiger partial charge in [-0.2, -0.15) is 0 Å². The van der Waals surface area contributed by atoms with Gasteiger partial charge in [0.25, 0.3) is 0 Å². The molecule has 10 nitrogen and oxygen atoms in total. The Morgan fingerprint density at radius 2 is 2.00 bits per heavy atom. The lowest BCUT2D eigenvalue weighted by molar-refractivity contribution is -0.156. The van der Waals surface area contributed by atoms with Crippen LogP contribution in [0.5, 0.6) is 0 Å². The summed E-state index contributed by atoms with van der Waals surface area (Å²) >= 11 is 1.60. The van der Waals surface area contributed by atoms with Crippen molar-refractivity contribution in [2.75, 3.05) is 19.8 Å². The minimum Gasteiger partial charge on any atom is -0.465 e. The van der Waals surface area contributed by atoms with Gasteiger partial charge in [0.1, 0.15) is 18.2 Å². The molecule has 43 heavy (non-hydrogen) atoms. The fourth-order valence-electron chi connectivity index (χ4n) is 7.36. The minimum absolute atomic E-state index is 0.111. The van der Waals surface area contributed by atoms with E-state index in [-0.39, 0.29) is 50.1 Å². The number of fused-ring (bicyclic) bond motifs is 2. The van der Waals surface area contributed by atoms with Gasteiger partial charge in [-0.15, -0.1) is 30.0 Å². The van der Waals surface area contributed by atoms with Crippen LogP contribution in [0.2, 0.25) is 0 Å². The van der Waals surface area contributed by atoms with Crippen LogP contribution in [-0.4, -0.2) is 89.0 Å². The molecule has 2 amide bonds. The van der Waals surface area contributed by atoms with Gasteiger partial charge >= 0.3 is 5.97 Å². The molecule has 1 aromatic carbocycles. The van der Waals surface area contributed by atoms with E-state index in [1.165, 1.54) is 0 Å². The predicted molar refractivity (Wildman–Crippen MR) is 166 cm³/mol. The molecule has 0 radical (unpaired) electrons. The molecule has 5 rings (SSSR count).